The van der Waals surface area contributed by atoms with E-state index in [1.165, 1.54) is 36.3 Å². The van der Waals surface area contributed by atoms with Gasteiger partial charge in [0, 0.05) is 28.7 Å². The lowest BCUT2D eigenvalue weighted by atomic mass is 9.85. The van der Waals surface area contributed by atoms with Crippen molar-refractivity contribution in [2.24, 2.45) is 5.92 Å². The second kappa shape index (κ2) is 7.85. The van der Waals surface area contributed by atoms with E-state index in [9.17, 15) is 4.39 Å². The number of piperidine rings is 1. The predicted molar refractivity (Wildman–Crippen MR) is 120 cm³/mol. The summed E-state index contributed by atoms with van der Waals surface area (Å²) in [6.07, 6.45) is 5.37. The van der Waals surface area contributed by atoms with Crippen LogP contribution in [0.4, 0.5) is 15.8 Å². The standard InChI is InChI=1S/C22H25FN4S2/c1-3-27-10-4-5-14(13(27)2)19-11-15-16(8-9-24-22(15)29-19)26-17-6-7-18-21(20(17)23)25-12-28-18/h6-9,12-14,19H,3-5,10-11H2,1-2H3,(H,24,26)/t13-,14+,19?/m0/s1. The van der Waals surface area contributed by atoms with Crippen molar-refractivity contribution >= 4 is 44.7 Å². The second-order valence-corrected chi connectivity index (χ2v) is 10.0. The van der Waals surface area contributed by atoms with Crippen LogP contribution in [0.1, 0.15) is 32.3 Å². The van der Waals surface area contributed by atoms with E-state index in [1.54, 1.807) is 5.51 Å². The molecule has 7 heteroatoms. The SMILES string of the molecule is CCN1CCC[C@@H](C2Cc3c(Nc4ccc5scnc5c4F)ccnc3S2)[C@@H]1C. The number of benzene rings is 1. The highest BCUT2D eigenvalue weighted by molar-refractivity contribution is 8.00. The van der Waals surface area contributed by atoms with Crippen molar-refractivity contribution in [3.05, 3.63) is 41.3 Å². The molecule has 1 aromatic carbocycles. The molecule has 1 N–H and O–H groups in total. The predicted octanol–water partition coefficient (Wildman–Crippen LogP) is 5.71. The van der Waals surface area contributed by atoms with Gasteiger partial charge in [-0.1, -0.05) is 6.92 Å². The highest BCUT2D eigenvalue weighted by atomic mass is 32.2. The summed E-state index contributed by atoms with van der Waals surface area (Å²) in [6, 6.07) is 6.31. The molecule has 0 aliphatic carbocycles. The van der Waals surface area contributed by atoms with Gasteiger partial charge in [0.2, 0.25) is 0 Å². The molecule has 3 atom stereocenters. The molecule has 4 heterocycles. The number of likely N-dealkylation sites (tertiary alicyclic amines) is 1. The lowest BCUT2D eigenvalue weighted by Crippen LogP contribution is -2.46. The molecule has 0 radical (unpaired) electrons. The number of nitrogens with one attached hydrogen (secondary N) is 1. The third kappa shape index (κ3) is 3.43. The molecular weight excluding hydrogens is 403 g/mol. The molecule has 2 aromatic heterocycles. The quantitative estimate of drug-likeness (QED) is 0.576. The Labute approximate surface area is 178 Å². The van der Waals surface area contributed by atoms with Crippen molar-refractivity contribution in [2.45, 2.75) is 49.4 Å². The lowest BCUT2D eigenvalue weighted by Gasteiger charge is -2.41. The molecule has 1 saturated heterocycles. The number of halogens is 1. The van der Waals surface area contributed by atoms with Gasteiger partial charge in [-0.3, -0.25) is 0 Å². The summed E-state index contributed by atoms with van der Waals surface area (Å²) >= 11 is 3.37. The molecule has 0 bridgehead atoms. The van der Waals surface area contributed by atoms with Crippen molar-refractivity contribution in [1.82, 2.24) is 14.9 Å². The summed E-state index contributed by atoms with van der Waals surface area (Å²) in [5, 5.41) is 4.97. The molecule has 0 amide bonds. The van der Waals surface area contributed by atoms with Crippen molar-refractivity contribution < 1.29 is 4.39 Å². The topological polar surface area (TPSA) is 41.0 Å². The number of thioether (sulfide) groups is 1. The van der Waals surface area contributed by atoms with Gasteiger partial charge in [0.25, 0.3) is 0 Å². The Morgan fingerprint density at radius 1 is 1.24 bits per heavy atom. The number of fused-ring (bicyclic) bond motifs is 2. The third-order valence-corrected chi connectivity index (χ3v) is 8.64. The fourth-order valence-corrected chi connectivity index (χ4v) is 7.05. The first-order valence-electron chi connectivity index (χ1n) is 10.3. The van der Waals surface area contributed by atoms with Crippen LogP contribution in [0.15, 0.2) is 34.9 Å². The van der Waals surface area contributed by atoms with Crippen LogP contribution in [0.2, 0.25) is 0 Å². The second-order valence-electron chi connectivity index (χ2n) is 7.93. The molecule has 0 saturated carbocycles. The zero-order chi connectivity index (χ0) is 20.0. The summed E-state index contributed by atoms with van der Waals surface area (Å²) < 4.78 is 15.8. The highest BCUT2D eigenvalue weighted by Crippen LogP contribution is 2.46. The molecule has 29 heavy (non-hydrogen) atoms. The minimum Gasteiger partial charge on any atom is -0.353 e. The van der Waals surface area contributed by atoms with Gasteiger partial charge in [0.05, 0.1) is 15.9 Å². The fraction of sp³-hybridized carbons (Fsp3) is 0.455. The van der Waals surface area contributed by atoms with E-state index in [1.807, 2.05) is 36.2 Å². The van der Waals surface area contributed by atoms with Crippen LogP contribution in [0.25, 0.3) is 10.2 Å². The number of hydrogen-bond donors (Lipinski definition) is 1. The number of rotatable bonds is 4. The largest absolute Gasteiger partial charge is 0.353 e. The molecule has 1 fully saturated rings. The maximum atomic E-state index is 14.9. The Kier molecular flexibility index (Phi) is 5.22. The number of nitrogens with zero attached hydrogens (tertiary/aromatic N) is 3. The Morgan fingerprint density at radius 2 is 2.14 bits per heavy atom. The first-order valence-corrected chi connectivity index (χ1v) is 12.1. The van der Waals surface area contributed by atoms with Gasteiger partial charge < -0.3 is 10.2 Å². The summed E-state index contributed by atoms with van der Waals surface area (Å²) in [7, 11) is 0. The van der Waals surface area contributed by atoms with E-state index in [2.05, 4.69) is 34.0 Å². The third-order valence-electron chi connectivity index (χ3n) is 6.46. The van der Waals surface area contributed by atoms with Crippen LogP contribution in [0, 0.1) is 11.7 Å². The fourth-order valence-electron chi connectivity index (χ4n) is 4.84. The van der Waals surface area contributed by atoms with E-state index in [0.29, 0.717) is 28.4 Å². The first-order chi connectivity index (χ1) is 14.2. The molecule has 0 spiro atoms. The Balaban J connectivity index is 1.40. The zero-order valence-electron chi connectivity index (χ0n) is 16.7. The average Bonchev–Trinajstić information content (AvgIpc) is 3.38. The van der Waals surface area contributed by atoms with Crippen LogP contribution in [0.5, 0.6) is 0 Å². The van der Waals surface area contributed by atoms with Gasteiger partial charge >= 0.3 is 0 Å². The van der Waals surface area contributed by atoms with Gasteiger partial charge in [0.1, 0.15) is 10.5 Å². The van der Waals surface area contributed by atoms with Crippen molar-refractivity contribution in [3.8, 4) is 0 Å². The Bertz CT molecular complexity index is 1040. The maximum Gasteiger partial charge on any atom is 0.173 e. The number of thiazole rings is 1. The van der Waals surface area contributed by atoms with Crippen molar-refractivity contribution in [3.63, 3.8) is 0 Å². The summed E-state index contributed by atoms with van der Waals surface area (Å²) in [5.74, 6) is 0.384. The van der Waals surface area contributed by atoms with E-state index in [-0.39, 0.29) is 5.82 Å². The lowest BCUT2D eigenvalue weighted by molar-refractivity contribution is 0.110. The van der Waals surface area contributed by atoms with Gasteiger partial charge in [-0.2, -0.15) is 0 Å². The first kappa shape index (κ1) is 19.3. The normalized spacial score (nSPS) is 24.7. The summed E-state index contributed by atoms with van der Waals surface area (Å²) in [6.45, 7) is 6.96. The van der Waals surface area contributed by atoms with Crippen LogP contribution < -0.4 is 5.32 Å². The minimum atomic E-state index is -0.281. The highest BCUT2D eigenvalue weighted by Gasteiger charge is 2.38. The molecule has 3 aromatic rings. The summed E-state index contributed by atoms with van der Waals surface area (Å²) in [4.78, 5) is 11.4. The maximum absolute atomic E-state index is 14.9. The van der Waals surface area contributed by atoms with Crippen LogP contribution in [0.3, 0.4) is 0 Å². The monoisotopic (exact) mass is 428 g/mol. The smallest absolute Gasteiger partial charge is 0.173 e. The van der Waals surface area contributed by atoms with E-state index in [4.69, 9.17) is 0 Å². The van der Waals surface area contributed by atoms with E-state index >= 15 is 0 Å². The molecule has 4 nitrogen and oxygen atoms in total. The molecule has 5 rings (SSSR count). The van der Waals surface area contributed by atoms with Gasteiger partial charge in [-0.25, -0.2) is 14.4 Å². The van der Waals surface area contributed by atoms with Gasteiger partial charge in [-0.05, 0) is 63.4 Å². The molecular formula is C22H25FN4S2. The van der Waals surface area contributed by atoms with E-state index in [0.717, 1.165) is 28.4 Å². The van der Waals surface area contributed by atoms with Gasteiger partial charge in [-0.15, -0.1) is 23.1 Å². The number of anilines is 2. The minimum absolute atomic E-state index is 0.281. The Morgan fingerprint density at radius 3 is 3.00 bits per heavy atom. The number of pyridine rings is 1. The molecule has 152 valence electrons. The Hall–Kier alpha value is -1.70. The van der Waals surface area contributed by atoms with Gasteiger partial charge in [0.15, 0.2) is 5.82 Å². The molecule has 1 unspecified atom stereocenters. The van der Waals surface area contributed by atoms with Crippen LogP contribution in [-0.4, -0.2) is 39.2 Å². The van der Waals surface area contributed by atoms with Crippen LogP contribution >= 0.6 is 23.1 Å². The zero-order valence-corrected chi connectivity index (χ0v) is 18.3. The van der Waals surface area contributed by atoms with Crippen LogP contribution in [-0.2, 0) is 6.42 Å². The number of aromatic nitrogens is 2. The van der Waals surface area contributed by atoms with E-state index < -0.39 is 0 Å². The molecule has 2 aliphatic rings. The number of hydrogen-bond acceptors (Lipinski definition) is 6. The van der Waals surface area contributed by atoms with Crippen molar-refractivity contribution in [1.29, 1.82) is 0 Å². The molecule has 2 aliphatic heterocycles. The average molecular weight is 429 g/mol. The van der Waals surface area contributed by atoms with Crippen molar-refractivity contribution in [2.75, 3.05) is 18.4 Å². The summed E-state index contributed by atoms with van der Waals surface area (Å²) in [5.41, 5.74) is 4.80.